The third kappa shape index (κ3) is 4.44. The molecule has 1 N–H and O–H groups in total. The van der Waals surface area contributed by atoms with E-state index in [4.69, 9.17) is 5.11 Å². The fourth-order valence-corrected chi connectivity index (χ4v) is 1.82. The van der Waals surface area contributed by atoms with Crippen molar-refractivity contribution in [1.82, 2.24) is 4.90 Å². The number of carboxylic acid groups (broad SMARTS) is 1. The first-order valence-electron chi connectivity index (χ1n) is 5.30. The average molecular weight is 318 g/mol. The Morgan fingerprint density at radius 1 is 1.39 bits per heavy atom. The number of hydrogen-bond donors (Lipinski definition) is 1. The maximum Gasteiger partial charge on any atom is 0.303 e. The Kier molecular flexibility index (Phi) is 5.27. The third-order valence-corrected chi connectivity index (χ3v) is 2.89. The molecule has 98 valence electrons. The topological polar surface area (TPSA) is 57.6 Å². The van der Waals surface area contributed by atoms with Crippen molar-refractivity contribution in [2.24, 2.45) is 0 Å². The Labute approximate surface area is 113 Å². The molecule has 1 aromatic carbocycles. The zero-order chi connectivity index (χ0) is 13.7. The first-order valence-corrected chi connectivity index (χ1v) is 6.09. The Bertz CT molecular complexity index is 465. The molecule has 1 amide bonds. The first-order chi connectivity index (χ1) is 8.40. The van der Waals surface area contributed by atoms with Gasteiger partial charge in [-0.15, -0.1) is 0 Å². The molecule has 0 fully saturated rings. The van der Waals surface area contributed by atoms with Gasteiger partial charge in [-0.25, -0.2) is 4.39 Å². The number of amides is 1. The fraction of sp³-hybridized carbons (Fsp3) is 0.333. The highest BCUT2D eigenvalue weighted by Crippen LogP contribution is 2.17. The lowest BCUT2D eigenvalue weighted by Crippen LogP contribution is -2.26. The van der Waals surface area contributed by atoms with E-state index < -0.39 is 11.8 Å². The highest BCUT2D eigenvalue weighted by Gasteiger charge is 2.13. The third-order valence-electron chi connectivity index (χ3n) is 2.39. The second kappa shape index (κ2) is 6.49. The van der Waals surface area contributed by atoms with Gasteiger partial charge in [-0.2, -0.15) is 0 Å². The summed E-state index contributed by atoms with van der Waals surface area (Å²) in [5.41, 5.74) is 0.385. The van der Waals surface area contributed by atoms with Crippen molar-refractivity contribution < 1.29 is 19.1 Å². The zero-order valence-electron chi connectivity index (χ0n) is 9.82. The second-order valence-electron chi connectivity index (χ2n) is 3.88. The van der Waals surface area contributed by atoms with Gasteiger partial charge >= 0.3 is 5.97 Å². The molecule has 0 spiro atoms. The van der Waals surface area contributed by atoms with Crippen LogP contribution in [0, 0.1) is 5.82 Å². The summed E-state index contributed by atoms with van der Waals surface area (Å²) in [6.07, 6.45) is -0.300. The van der Waals surface area contributed by atoms with Gasteiger partial charge in [0.2, 0.25) is 5.91 Å². The number of aliphatic carboxylic acids is 1. The summed E-state index contributed by atoms with van der Waals surface area (Å²) in [4.78, 5) is 23.2. The summed E-state index contributed by atoms with van der Waals surface area (Å²) in [6.45, 7) is 0.115. The first kappa shape index (κ1) is 14.6. The smallest absolute Gasteiger partial charge is 0.303 e. The molecule has 0 aliphatic carbocycles. The predicted molar refractivity (Wildman–Crippen MR) is 67.4 cm³/mol. The molecule has 0 aliphatic rings. The van der Waals surface area contributed by atoms with Crippen LogP contribution in [0.15, 0.2) is 22.7 Å². The van der Waals surface area contributed by atoms with Gasteiger partial charge in [0, 0.05) is 30.0 Å². The van der Waals surface area contributed by atoms with Crippen LogP contribution in [0.3, 0.4) is 0 Å². The van der Waals surface area contributed by atoms with Crippen molar-refractivity contribution in [3.8, 4) is 0 Å². The van der Waals surface area contributed by atoms with Crippen LogP contribution in [-0.2, 0) is 16.1 Å². The van der Waals surface area contributed by atoms with E-state index in [-0.39, 0.29) is 25.3 Å². The van der Waals surface area contributed by atoms with E-state index >= 15 is 0 Å². The molecule has 18 heavy (non-hydrogen) atoms. The maximum absolute atomic E-state index is 13.5. The molecule has 0 radical (unpaired) electrons. The van der Waals surface area contributed by atoms with Crippen molar-refractivity contribution >= 4 is 27.8 Å². The Balaban J connectivity index is 2.63. The number of carboxylic acids is 1. The minimum atomic E-state index is -1.02. The van der Waals surface area contributed by atoms with Crippen molar-refractivity contribution in [3.05, 3.63) is 34.1 Å². The molecular weight excluding hydrogens is 305 g/mol. The molecule has 6 heteroatoms. The van der Waals surface area contributed by atoms with E-state index in [0.717, 1.165) is 4.47 Å². The lowest BCUT2D eigenvalue weighted by molar-refractivity contribution is -0.140. The van der Waals surface area contributed by atoms with E-state index in [2.05, 4.69) is 15.9 Å². The van der Waals surface area contributed by atoms with Gasteiger partial charge in [0.15, 0.2) is 0 Å². The number of carbonyl (C=O) groups is 2. The standard InChI is InChI=1S/C12H13BrFNO3/c1-15(11(16)4-5-12(17)18)7-8-6-9(13)2-3-10(8)14/h2-3,6H,4-5,7H2,1H3,(H,17,18). The number of benzene rings is 1. The van der Waals surface area contributed by atoms with E-state index in [9.17, 15) is 14.0 Å². The van der Waals surface area contributed by atoms with Crippen LogP contribution in [-0.4, -0.2) is 28.9 Å². The van der Waals surface area contributed by atoms with E-state index in [1.807, 2.05) is 0 Å². The Morgan fingerprint density at radius 2 is 2.06 bits per heavy atom. The number of nitrogens with zero attached hydrogens (tertiary/aromatic N) is 1. The highest BCUT2D eigenvalue weighted by atomic mass is 79.9. The van der Waals surface area contributed by atoms with Crippen LogP contribution >= 0.6 is 15.9 Å². The summed E-state index contributed by atoms with van der Waals surface area (Å²) in [5.74, 6) is -1.74. The quantitative estimate of drug-likeness (QED) is 0.907. The zero-order valence-corrected chi connectivity index (χ0v) is 11.4. The minimum absolute atomic E-state index is 0.0819. The van der Waals surface area contributed by atoms with Crippen molar-refractivity contribution in [2.45, 2.75) is 19.4 Å². The molecule has 4 nitrogen and oxygen atoms in total. The van der Waals surface area contributed by atoms with Crippen LogP contribution in [0.4, 0.5) is 4.39 Å². The summed E-state index contributed by atoms with van der Waals surface area (Å²) in [6, 6.07) is 4.48. The van der Waals surface area contributed by atoms with Gasteiger partial charge in [0.25, 0.3) is 0 Å². The molecule has 0 bridgehead atoms. The lowest BCUT2D eigenvalue weighted by atomic mass is 10.2. The van der Waals surface area contributed by atoms with Crippen LogP contribution in [0.25, 0.3) is 0 Å². The van der Waals surface area contributed by atoms with Gasteiger partial charge in [0.1, 0.15) is 5.82 Å². The molecule has 0 atom stereocenters. The van der Waals surface area contributed by atoms with Gasteiger partial charge in [-0.1, -0.05) is 15.9 Å². The number of rotatable bonds is 5. The molecule has 0 aliphatic heterocycles. The lowest BCUT2D eigenvalue weighted by Gasteiger charge is -2.17. The number of halogens is 2. The Hall–Kier alpha value is -1.43. The molecule has 1 rings (SSSR count). The van der Waals surface area contributed by atoms with Gasteiger partial charge < -0.3 is 10.0 Å². The van der Waals surface area contributed by atoms with Gasteiger partial charge in [-0.05, 0) is 18.2 Å². The summed E-state index contributed by atoms with van der Waals surface area (Å²) in [7, 11) is 1.52. The monoisotopic (exact) mass is 317 g/mol. The molecular formula is C12H13BrFNO3. The van der Waals surface area contributed by atoms with Crippen molar-refractivity contribution in [1.29, 1.82) is 0 Å². The molecule has 0 aromatic heterocycles. The summed E-state index contributed by atoms with van der Waals surface area (Å²) in [5, 5.41) is 8.48. The summed E-state index contributed by atoms with van der Waals surface area (Å²) >= 11 is 3.23. The molecule has 0 saturated carbocycles. The summed E-state index contributed by atoms with van der Waals surface area (Å²) < 4.78 is 14.2. The SMILES string of the molecule is CN(Cc1cc(Br)ccc1F)C(=O)CCC(=O)O. The van der Waals surface area contributed by atoms with E-state index in [1.165, 1.54) is 18.0 Å². The highest BCUT2D eigenvalue weighted by molar-refractivity contribution is 9.10. The molecule has 0 heterocycles. The molecule has 1 aromatic rings. The van der Waals surface area contributed by atoms with Crippen LogP contribution in [0.5, 0.6) is 0 Å². The van der Waals surface area contributed by atoms with E-state index in [1.54, 1.807) is 12.1 Å². The fourth-order valence-electron chi connectivity index (χ4n) is 1.41. The number of carbonyl (C=O) groups excluding carboxylic acids is 1. The largest absolute Gasteiger partial charge is 0.481 e. The minimum Gasteiger partial charge on any atom is -0.481 e. The average Bonchev–Trinajstić information content (AvgIpc) is 2.30. The second-order valence-corrected chi connectivity index (χ2v) is 4.79. The van der Waals surface area contributed by atoms with E-state index in [0.29, 0.717) is 5.56 Å². The normalized spacial score (nSPS) is 10.2. The molecule has 0 saturated heterocycles. The van der Waals surface area contributed by atoms with Crippen molar-refractivity contribution in [2.75, 3.05) is 7.05 Å². The van der Waals surface area contributed by atoms with Crippen LogP contribution in [0.1, 0.15) is 18.4 Å². The van der Waals surface area contributed by atoms with Crippen LogP contribution in [0.2, 0.25) is 0 Å². The van der Waals surface area contributed by atoms with Crippen LogP contribution < -0.4 is 0 Å². The Morgan fingerprint density at radius 3 is 2.67 bits per heavy atom. The van der Waals surface area contributed by atoms with Gasteiger partial charge in [-0.3, -0.25) is 9.59 Å². The van der Waals surface area contributed by atoms with Crippen molar-refractivity contribution in [3.63, 3.8) is 0 Å². The maximum atomic E-state index is 13.5. The van der Waals surface area contributed by atoms with Gasteiger partial charge in [0.05, 0.1) is 6.42 Å². The predicted octanol–water partition coefficient (Wildman–Crippen LogP) is 2.41. The number of hydrogen-bond acceptors (Lipinski definition) is 2. The molecule has 0 unspecified atom stereocenters.